The Balaban J connectivity index is 1.61. The van der Waals surface area contributed by atoms with Crippen LogP contribution < -0.4 is 5.32 Å². The summed E-state index contributed by atoms with van der Waals surface area (Å²) < 4.78 is 0. The highest BCUT2D eigenvalue weighted by molar-refractivity contribution is 4.91. The van der Waals surface area contributed by atoms with Crippen molar-refractivity contribution in [2.75, 3.05) is 20.1 Å². The summed E-state index contributed by atoms with van der Waals surface area (Å²) in [5.74, 6) is 1.84. The summed E-state index contributed by atoms with van der Waals surface area (Å²) in [5.41, 5.74) is 0. The van der Waals surface area contributed by atoms with E-state index in [-0.39, 0.29) is 0 Å². The standard InChI is InChI=1S/C15H30N2/c1-12(2)6-8-17(3)9-7-13-10-14-4-5-15(11-13)16-14/h12-16H,4-11H2,1-3H3. The summed E-state index contributed by atoms with van der Waals surface area (Å²) in [4.78, 5) is 2.53. The van der Waals surface area contributed by atoms with Crippen LogP contribution in [-0.2, 0) is 0 Å². The first-order valence-electron chi connectivity index (χ1n) is 7.58. The van der Waals surface area contributed by atoms with E-state index in [0.29, 0.717) is 0 Å². The molecule has 0 radical (unpaired) electrons. The zero-order valence-electron chi connectivity index (χ0n) is 11.9. The Morgan fingerprint density at radius 3 is 2.35 bits per heavy atom. The molecule has 2 nitrogen and oxygen atoms in total. The first kappa shape index (κ1) is 13.4. The van der Waals surface area contributed by atoms with Crippen molar-refractivity contribution in [2.24, 2.45) is 11.8 Å². The molecule has 1 N–H and O–H groups in total. The quantitative estimate of drug-likeness (QED) is 0.765. The van der Waals surface area contributed by atoms with Crippen LogP contribution in [0.15, 0.2) is 0 Å². The molecule has 0 spiro atoms. The molecule has 2 bridgehead atoms. The van der Waals surface area contributed by atoms with E-state index in [0.717, 1.165) is 23.9 Å². The molecule has 2 saturated heterocycles. The van der Waals surface area contributed by atoms with Gasteiger partial charge in [-0.2, -0.15) is 0 Å². The van der Waals surface area contributed by atoms with Crippen molar-refractivity contribution >= 4 is 0 Å². The van der Waals surface area contributed by atoms with E-state index in [1.165, 1.54) is 51.6 Å². The minimum absolute atomic E-state index is 0.840. The first-order valence-corrected chi connectivity index (χ1v) is 7.58. The maximum Gasteiger partial charge on any atom is 0.00728 e. The van der Waals surface area contributed by atoms with Crippen molar-refractivity contribution in [1.82, 2.24) is 10.2 Å². The van der Waals surface area contributed by atoms with E-state index in [9.17, 15) is 0 Å². The summed E-state index contributed by atoms with van der Waals surface area (Å²) in [6, 6.07) is 1.72. The highest BCUT2D eigenvalue weighted by atomic mass is 15.1. The van der Waals surface area contributed by atoms with Gasteiger partial charge in [0, 0.05) is 12.1 Å². The summed E-state index contributed by atoms with van der Waals surface area (Å²) in [6.45, 7) is 7.21. The van der Waals surface area contributed by atoms with E-state index < -0.39 is 0 Å². The minimum Gasteiger partial charge on any atom is -0.311 e. The molecule has 0 amide bonds. The normalized spacial score (nSPS) is 32.6. The van der Waals surface area contributed by atoms with Gasteiger partial charge in [-0.3, -0.25) is 0 Å². The van der Waals surface area contributed by atoms with Crippen LogP contribution >= 0.6 is 0 Å². The Morgan fingerprint density at radius 1 is 1.12 bits per heavy atom. The fourth-order valence-corrected chi connectivity index (χ4v) is 3.40. The van der Waals surface area contributed by atoms with Crippen LogP contribution in [0.4, 0.5) is 0 Å². The van der Waals surface area contributed by atoms with Crippen LogP contribution in [-0.4, -0.2) is 37.1 Å². The third-order valence-corrected chi connectivity index (χ3v) is 4.58. The summed E-state index contributed by atoms with van der Waals surface area (Å²) in [7, 11) is 2.29. The Hall–Kier alpha value is -0.0800. The van der Waals surface area contributed by atoms with E-state index in [2.05, 4.69) is 31.1 Å². The second kappa shape index (κ2) is 6.19. The van der Waals surface area contributed by atoms with Crippen LogP contribution in [0, 0.1) is 11.8 Å². The molecule has 2 heterocycles. The topological polar surface area (TPSA) is 15.3 Å². The van der Waals surface area contributed by atoms with Gasteiger partial charge >= 0.3 is 0 Å². The third kappa shape index (κ3) is 4.26. The van der Waals surface area contributed by atoms with E-state index in [1.807, 2.05) is 0 Å². The highest BCUT2D eigenvalue weighted by Gasteiger charge is 2.32. The van der Waals surface area contributed by atoms with Crippen molar-refractivity contribution in [3.8, 4) is 0 Å². The highest BCUT2D eigenvalue weighted by Crippen LogP contribution is 2.32. The van der Waals surface area contributed by atoms with Crippen molar-refractivity contribution in [3.05, 3.63) is 0 Å². The fourth-order valence-electron chi connectivity index (χ4n) is 3.40. The number of hydrogen-bond donors (Lipinski definition) is 1. The molecule has 0 aliphatic carbocycles. The first-order chi connectivity index (χ1) is 8.13. The Labute approximate surface area is 107 Å². The summed E-state index contributed by atoms with van der Waals surface area (Å²) in [5, 5.41) is 3.73. The smallest absolute Gasteiger partial charge is 0.00728 e. The molecule has 17 heavy (non-hydrogen) atoms. The molecule has 0 aromatic heterocycles. The summed E-state index contributed by atoms with van der Waals surface area (Å²) in [6.07, 6.45) is 8.51. The number of piperidine rings is 1. The van der Waals surface area contributed by atoms with Crippen LogP contribution in [0.2, 0.25) is 0 Å². The maximum absolute atomic E-state index is 3.73. The number of rotatable bonds is 6. The second-order valence-corrected chi connectivity index (χ2v) is 6.75. The molecule has 2 unspecified atom stereocenters. The fraction of sp³-hybridized carbons (Fsp3) is 1.00. The molecule has 2 rings (SSSR count). The zero-order chi connectivity index (χ0) is 12.3. The monoisotopic (exact) mass is 238 g/mol. The van der Waals surface area contributed by atoms with Crippen LogP contribution in [0.3, 0.4) is 0 Å². The van der Waals surface area contributed by atoms with Gasteiger partial charge in [-0.25, -0.2) is 0 Å². The molecule has 2 fully saturated rings. The lowest BCUT2D eigenvalue weighted by atomic mass is 9.89. The van der Waals surface area contributed by atoms with Gasteiger partial charge in [0.25, 0.3) is 0 Å². The molecule has 0 saturated carbocycles. The largest absolute Gasteiger partial charge is 0.311 e. The van der Waals surface area contributed by atoms with Crippen molar-refractivity contribution in [3.63, 3.8) is 0 Å². The average Bonchev–Trinajstić information content (AvgIpc) is 2.63. The van der Waals surface area contributed by atoms with Crippen LogP contribution in [0.25, 0.3) is 0 Å². The van der Waals surface area contributed by atoms with Gasteiger partial charge in [-0.1, -0.05) is 13.8 Å². The predicted molar refractivity (Wildman–Crippen MR) is 74.2 cm³/mol. The molecular weight excluding hydrogens is 208 g/mol. The van der Waals surface area contributed by atoms with Gasteiger partial charge in [0.05, 0.1) is 0 Å². The zero-order valence-corrected chi connectivity index (χ0v) is 11.9. The van der Waals surface area contributed by atoms with E-state index in [4.69, 9.17) is 0 Å². The van der Waals surface area contributed by atoms with Gasteiger partial charge in [-0.05, 0) is 70.5 Å². The third-order valence-electron chi connectivity index (χ3n) is 4.58. The maximum atomic E-state index is 3.73. The van der Waals surface area contributed by atoms with Gasteiger partial charge < -0.3 is 10.2 Å². The van der Waals surface area contributed by atoms with Gasteiger partial charge in [-0.15, -0.1) is 0 Å². The minimum atomic E-state index is 0.840. The van der Waals surface area contributed by atoms with Gasteiger partial charge in [0.2, 0.25) is 0 Å². The lowest BCUT2D eigenvalue weighted by Crippen LogP contribution is -2.39. The molecule has 0 aromatic carbocycles. The molecule has 0 aromatic rings. The molecule has 2 heteroatoms. The van der Waals surface area contributed by atoms with Crippen molar-refractivity contribution < 1.29 is 0 Å². The van der Waals surface area contributed by atoms with Gasteiger partial charge in [0.1, 0.15) is 0 Å². The van der Waals surface area contributed by atoms with E-state index >= 15 is 0 Å². The number of nitrogens with one attached hydrogen (secondary N) is 1. The van der Waals surface area contributed by atoms with E-state index in [1.54, 1.807) is 0 Å². The average molecular weight is 238 g/mol. The summed E-state index contributed by atoms with van der Waals surface area (Å²) >= 11 is 0. The Bertz CT molecular complexity index is 215. The lowest BCUT2D eigenvalue weighted by molar-refractivity contribution is 0.236. The lowest BCUT2D eigenvalue weighted by Gasteiger charge is -2.30. The number of nitrogens with zero attached hydrogens (tertiary/aromatic N) is 1. The van der Waals surface area contributed by atoms with Gasteiger partial charge in [0.15, 0.2) is 0 Å². The molecule has 100 valence electrons. The number of hydrogen-bond acceptors (Lipinski definition) is 2. The van der Waals surface area contributed by atoms with Crippen LogP contribution in [0.1, 0.15) is 52.4 Å². The molecular formula is C15H30N2. The Morgan fingerprint density at radius 2 is 1.76 bits per heavy atom. The Kier molecular flexibility index (Phi) is 4.87. The molecule has 2 aliphatic rings. The second-order valence-electron chi connectivity index (χ2n) is 6.75. The van der Waals surface area contributed by atoms with Crippen molar-refractivity contribution in [2.45, 2.75) is 64.5 Å². The van der Waals surface area contributed by atoms with Crippen LogP contribution in [0.5, 0.6) is 0 Å². The SMILES string of the molecule is CC(C)CCN(C)CCC1CC2CCC(C1)N2. The predicted octanol–water partition coefficient (Wildman–Crippen LogP) is 2.89. The van der Waals surface area contributed by atoms with Crippen molar-refractivity contribution in [1.29, 1.82) is 0 Å². The number of fused-ring (bicyclic) bond motifs is 2. The molecule has 2 aliphatic heterocycles. The molecule has 2 atom stereocenters.